The van der Waals surface area contributed by atoms with Gasteiger partial charge in [0.1, 0.15) is 11.2 Å². The van der Waals surface area contributed by atoms with Crippen molar-refractivity contribution in [3.05, 3.63) is 140 Å². The first kappa shape index (κ1) is 22.5. The minimum atomic E-state index is 0.694. The molecule has 8 rings (SSSR count). The van der Waals surface area contributed by atoms with Gasteiger partial charge in [0.2, 0.25) is 0 Å². The highest BCUT2D eigenvalue weighted by atomic mass is 16.3. The number of para-hydroxylation sites is 2. The molecular weight excluding hydrogens is 490 g/mol. The largest absolute Gasteiger partial charge is 0.455 e. The van der Waals surface area contributed by atoms with Crippen molar-refractivity contribution < 1.29 is 4.42 Å². The highest BCUT2D eigenvalue weighted by Crippen LogP contribution is 2.39. The van der Waals surface area contributed by atoms with Gasteiger partial charge in [0, 0.05) is 22.0 Å². The zero-order valence-corrected chi connectivity index (χ0v) is 21.5. The van der Waals surface area contributed by atoms with E-state index in [0.29, 0.717) is 5.65 Å². The maximum absolute atomic E-state index is 6.61. The number of fused-ring (bicyclic) bond motifs is 4. The van der Waals surface area contributed by atoms with Gasteiger partial charge in [-0.3, -0.25) is 4.57 Å². The Labute approximate surface area is 230 Å². The summed E-state index contributed by atoms with van der Waals surface area (Å²) in [5, 5.41) is 2.15. The summed E-state index contributed by atoms with van der Waals surface area (Å²) in [7, 11) is 0. The Morgan fingerprint density at radius 1 is 0.525 bits per heavy atom. The van der Waals surface area contributed by atoms with Crippen molar-refractivity contribution in [2.75, 3.05) is 0 Å². The smallest absolute Gasteiger partial charge is 0.179 e. The lowest BCUT2D eigenvalue weighted by atomic mass is 10.0. The van der Waals surface area contributed by atoms with Gasteiger partial charge >= 0.3 is 0 Å². The van der Waals surface area contributed by atoms with Crippen molar-refractivity contribution in [1.82, 2.24) is 14.5 Å². The van der Waals surface area contributed by atoms with Crippen molar-refractivity contribution in [3.63, 3.8) is 0 Å². The van der Waals surface area contributed by atoms with Crippen LogP contribution in [0.25, 0.3) is 72.6 Å². The molecule has 0 radical (unpaired) electrons. The van der Waals surface area contributed by atoms with Crippen LogP contribution in [0.15, 0.2) is 144 Å². The zero-order chi connectivity index (χ0) is 26.5. The molecule has 40 heavy (non-hydrogen) atoms. The number of furan rings is 1. The van der Waals surface area contributed by atoms with E-state index in [1.807, 2.05) is 42.5 Å². The molecule has 4 nitrogen and oxygen atoms in total. The lowest BCUT2D eigenvalue weighted by Crippen LogP contribution is -1.97. The fourth-order valence-corrected chi connectivity index (χ4v) is 5.54. The number of imidazole rings is 1. The molecule has 0 fully saturated rings. The lowest BCUT2D eigenvalue weighted by Gasteiger charge is -2.10. The Morgan fingerprint density at radius 3 is 2.02 bits per heavy atom. The maximum atomic E-state index is 6.61. The van der Waals surface area contributed by atoms with Gasteiger partial charge in [-0.2, -0.15) is 0 Å². The van der Waals surface area contributed by atoms with Gasteiger partial charge in [-0.25, -0.2) is 9.97 Å². The Bertz CT molecular complexity index is 2140. The van der Waals surface area contributed by atoms with Crippen LogP contribution < -0.4 is 0 Å². The predicted molar refractivity (Wildman–Crippen MR) is 162 cm³/mol. The molecule has 0 spiro atoms. The number of pyridine rings is 1. The molecule has 4 heteroatoms. The van der Waals surface area contributed by atoms with E-state index in [2.05, 4.69) is 102 Å². The summed E-state index contributed by atoms with van der Waals surface area (Å²) in [4.78, 5) is 10.1. The summed E-state index contributed by atoms with van der Waals surface area (Å²) in [5.74, 6) is 0.798. The van der Waals surface area contributed by atoms with E-state index in [4.69, 9.17) is 14.4 Å². The van der Waals surface area contributed by atoms with Crippen LogP contribution in [-0.2, 0) is 0 Å². The fraction of sp³-hybridized carbons (Fsp3) is 0. The molecule has 0 saturated carbocycles. The second-order valence-corrected chi connectivity index (χ2v) is 9.87. The Balaban J connectivity index is 1.37. The molecule has 0 aliphatic heterocycles. The van der Waals surface area contributed by atoms with Crippen LogP contribution in [0.3, 0.4) is 0 Å². The SMILES string of the molecule is c1ccc(-c2ccc3c(c2)oc2c(-c4nc5nc(-c6ccccc6)ccc5n4-c4ccccc4)cccc23)cc1. The summed E-state index contributed by atoms with van der Waals surface area (Å²) in [6.45, 7) is 0. The van der Waals surface area contributed by atoms with Crippen LogP contribution in [0.5, 0.6) is 0 Å². The number of hydrogen-bond donors (Lipinski definition) is 0. The normalized spacial score (nSPS) is 11.5. The van der Waals surface area contributed by atoms with Crippen molar-refractivity contribution >= 4 is 33.1 Å². The van der Waals surface area contributed by atoms with E-state index in [-0.39, 0.29) is 0 Å². The third-order valence-electron chi connectivity index (χ3n) is 7.45. The monoisotopic (exact) mass is 513 g/mol. The van der Waals surface area contributed by atoms with Gasteiger partial charge in [-0.1, -0.05) is 97.1 Å². The second-order valence-electron chi connectivity index (χ2n) is 9.87. The Hall–Kier alpha value is -5.48. The van der Waals surface area contributed by atoms with Gasteiger partial charge in [0.15, 0.2) is 11.5 Å². The molecule has 0 N–H and O–H groups in total. The first-order valence-corrected chi connectivity index (χ1v) is 13.3. The quantitative estimate of drug-likeness (QED) is 0.235. The predicted octanol–water partition coefficient (Wildman–Crippen LogP) is 9.32. The van der Waals surface area contributed by atoms with E-state index in [1.165, 1.54) is 0 Å². The summed E-state index contributed by atoms with van der Waals surface area (Å²) >= 11 is 0. The van der Waals surface area contributed by atoms with E-state index in [9.17, 15) is 0 Å². The third kappa shape index (κ3) is 3.62. The highest BCUT2D eigenvalue weighted by Gasteiger charge is 2.21. The number of hydrogen-bond acceptors (Lipinski definition) is 3. The molecule has 3 heterocycles. The van der Waals surface area contributed by atoms with Crippen LogP contribution in [-0.4, -0.2) is 14.5 Å². The molecule has 0 aliphatic rings. The van der Waals surface area contributed by atoms with Gasteiger partial charge < -0.3 is 4.42 Å². The van der Waals surface area contributed by atoms with Crippen LogP contribution in [0.4, 0.5) is 0 Å². The number of aromatic nitrogens is 3. The molecule has 0 amide bonds. The van der Waals surface area contributed by atoms with Gasteiger partial charge in [0.05, 0.1) is 16.8 Å². The standard InChI is InChI=1S/C36H23N3O/c1-4-11-24(12-5-1)26-19-20-28-29-17-10-18-30(34(29)40-33(28)23-26)36-38-35-32(39(36)27-15-8-3-9-16-27)22-21-31(37-35)25-13-6-2-7-14-25/h1-23H. The summed E-state index contributed by atoms with van der Waals surface area (Å²) < 4.78 is 8.78. The molecule has 0 saturated heterocycles. The number of rotatable bonds is 4. The number of nitrogens with zero attached hydrogens (tertiary/aromatic N) is 3. The van der Waals surface area contributed by atoms with Crippen LogP contribution in [0.2, 0.25) is 0 Å². The van der Waals surface area contributed by atoms with Crippen LogP contribution >= 0.6 is 0 Å². The molecular formula is C36H23N3O. The molecule has 0 atom stereocenters. The van der Waals surface area contributed by atoms with Crippen LogP contribution in [0, 0.1) is 0 Å². The summed E-state index contributed by atoms with van der Waals surface area (Å²) in [6, 6.07) is 47.8. The maximum Gasteiger partial charge on any atom is 0.179 e. The van der Waals surface area contributed by atoms with Gasteiger partial charge in [0.25, 0.3) is 0 Å². The average molecular weight is 514 g/mol. The average Bonchev–Trinajstić information content (AvgIpc) is 3.60. The van der Waals surface area contributed by atoms with Crippen molar-refractivity contribution in [2.24, 2.45) is 0 Å². The lowest BCUT2D eigenvalue weighted by molar-refractivity contribution is 0.669. The minimum Gasteiger partial charge on any atom is -0.455 e. The van der Waals surface area contributed by atoms with E-state index in [0.717, 1.165) is 66.9 Å². The first-order chi connectivity index (χ1) is 19.8. The van der Waals surface area contributed by atoms with E-state index >= 15 is 0 Å². The highest BCUT2D eigenvalue weighted by molar-refractivity contribution is 6.10. The fourth-order valence-electron chi connectivity index (χ4n) is 5.54. The Kier molecular flexibility index (Phi) is 5.10. The molecule has 0 bridgehead atoms. The van der Waals surface area contributed by atoms with E-state index in [1.54, 1.807) is 0 Å². The van der Waals surface area contributed by atoms with Gasteiger partial charge in [-0.15, -0.1) is 0 Å². The third-order valence-corrected chi connectivity index (χ3v) is 7.45. The topological polar surface area (TPSA) is 43.9 Å². The molecule has 0 unspecified atom stereocenters. The van der Waals surface area contributed by atoms with E-state index < -0.39 is 0 Å². The first-order valence-electron chi connectivity index (χ1n) is 13.3. The molecule has 0 aliphatic carbocycles. The van der Waals surface area contributed by atoms with Crippen LogP contribution in [0.1, 0.15) is 0 Å². The van der Waals surface area contributed by atoms with Crippen molar-refractivity contribution in [2.45, 2.75) is 0 Å². The zero-order valence-electron chi connectivity index (χ0n) is 21.5. The summed E-state index contributed by atoms with van der Waals surface area (Å²) in [5.41, 5.74) is 9.52. The second kappa shape index (κ2) is 9.07. The van der Waals surface area contributed by atoms with Gasteiger partial charge in [-0.05, 0) is 53.6 Å². The minimum absolute atomic E-state index is 0.694. The molecule has 5 aromatic carbocycles. The number of benzene rings is 5. The summed E-state index contributed by atoms with van der Waals surface area (Å²) in [6.07, 6.45) is 0. The molecule has 8 aromatic rings. The molecule has 188 valence electrons. The Morgan fingerprint density at radius 2 is 1.25 bits per heavy atom. The molecule has 3 aromatic heterocycles. The van der Waals surface area contributed by atoms with Crippen molar-refractivity contribution in [3.8, 4) is 39.5 Å². The van der Waals surface area contributed by atoms with Crippen molar-refractivity contribution in [1.29, 1.82) is 0 Å².